The molecule has 0 unspecified atom stereocenters. The Labute approximate surface area is 454 Å². The van der Waals surface area contributed by atoms with E-state index in [0.717, 1.165) is 56.6 Å². The van der Waals surface area contributed by atoms with Crippen molar-refractivity contribution >= 4 is 89.9 Å². The van der Waals surface area contributed by atoms with E-state index in [-0.39, 0.29) is 0 Å². The fourth-order valence-electron chi connectivity index (χ4n) is 11.3. The number of anilines is 6. The molecule has 2 aromatic heterocycles. The van der Waals surface area contributed by atoms with Crippen molar-refractivity contribution in [1.82, 2.24) is 9.13 Å². The molecule has 0 spiro atoms. The van der Waals surface area contributed by atoms with Crippen LogP contribution in [0.25, 0.3) is 89.4 Å². The molecular formula is C74H52N4. The number of hydrogen-bond donors (Lipinski definition) is 0. The average molecular weight is 997 g/mol. The molecule has 0 atom stereocenters. The fraction of sp³-hybridized carbons (Fsp3) is 0. The van der Waals surface area contributed by atoms with Crippen molar-refractivity contribution < 1.29 is 0 Å². The molecule has 12 aromatic carbocycles. The molecule has 0 aliphatic carbocycles. The van der Waals surface area contributed by atoms with E-state index in [1.54, 1.807) is 0 Å². The lowest BCUT2D eigenvalue weighted by Gasteiger charge is -2.26. The van der Waals surface area contributed by atoms with Crippen molar-refractivity contribution in [3.05, 3.63) is 314 Å². The van der Waals surface area contributed by atoms with Crippen LogP contribution in [0.3, 0.4) is 0 Å². The van der Waals surface area contributed by atoms with Crippen molar-refractivity contribution in [2.45, 2.75) is 0 Å². The number of fused-ring (bicyclic) bond motifs is 6. The standard InChI is InChI=1S/C74H52N4/c1-7-19-55(20-8-1)57-37-45-71-67(49-57)69-51-65(43-47-73(69)77(71)61-27-15-5-16-28-61)75(59-23-11-3-12-24-59)63-39-33-53(34-40-63)31-32-54-35-41-64(42-36-54)76(60-25-13-4-14-26-60)66-44-48-74-70(52-66)68-50-58(56-21-9-2-10-22-56)38-46-72(68)78(74)62-29-17-6-18-30-62/h1-52H/b32-31+. The normalized spacial score (nSPS) is 11.5. The van der Waals surface area contributed by atoms with E-state index in [1.807, 2.05) is 0 Å². The first-order valence-corrected chi connectivity index (χ1v) is 26.7. The summed E-state index contributed by atoms with van der Waals surface area (Å²) in [5, 5.41) is 4.84. The van der Waals surface area contributed by atoms with E-state index >= 15 is 0 Å². The van der Waals surface area contributed by atoms with E-state index in [2.05, 4.69) is 334 Å². The van der Waals surface area contributed by atoms with Crippen LogP contribution in [0.4, 0.5) is 34.1 Å². The summed E-state index contributed by atoms with van der Waals surface area (Å²) in [4.78, 5) is 4.72. The smallest absolute Gasteiger partial charge is 0.0542 e. The summed E-state index contributed by atoms with van der Waals surface area (Å²) in [5.41, 5.74) is 20.6. The van der Waals surface area contributed by atoms with Crippen molar-refractivity contribution in [1.29, 1.82) is 0 Å². The third kappa shape index (κ3) is 8.58. The second kappa shape index (κ2) is 20.0. The third-order valence-electron chi connectivity index (χ3n) is 15.1. The van der Waals surface area contributed by atoms with E-state index in [9.17, 15) is 0 Å². The monoisotopic (exact) mass is 996 g/mol. The van der Waals surface area contributed by atoms with Gasteiger partial charge in [-0.1, -0.05) is 182 Å². The zero-order valence-electron chi connectivity index (χ0n) is 42.8. The molecular weight excluding hydrogens is 945 g/mol. The number of hydrogen-bond acceptors (Lipinski definition) is 2. The summed E-state index contributed by atoms with van der Waals surface area (Å²) in [5.74, 6) is 0. The molecule has 4 nitrogen and oxygen atoms in total. The quantitative estimate of drug-likeness (QED) is 0.113. The van der Waals surface area contributed by atoms with E-state index < -0.39 is 0 Å². The zero-order valence-corrected chi connectivity index (χ0v) is 42.8. The predicted octanol–water partition coefficient (Wildman–Crippen LogP) is 20.3. The molecule has 0 saturated heterocycles. The molecule has 14 rings (SSSR count). The summed E-state index contributed by atoms with van der Waals surface area (Å²) >= 11 is 0. The number of benzene rings is 12. The van der Waals surface area contributed by atoms with Crippen LogP contribution in [0.2, 0.25) is 0 Å². The fourth-order valence-corrected chi connectivity index (χ4v) is 11.3. The summed E-state index contributed by atoms with van der Waals surface area (Å²) in [6, 6.07) is 109. The minimum Gasteiger partial charge on any atom is -0.310 e. The van der Waals surface area contributed by atoms with Crippen LogP contribution in [-0.2, 0) is 0 Å². The molecule has 0 bridgehead atoms. The number of nitrogens with zero attached hydrogens (tertiary/aromatic N) is 4. The highest BCUT2D eigenvalue weighted by Crippen LogP contribution is 2.43. The van der Waals surface area contributed by atoms with Gasteiger partial charge in [0.15, 0.2) is 0 Å². The molecule has 0 saturated carbocycles. The average Bonchev–Trinajstić information content (AvgIpc) is 4.26. The highest BCUT2D eigenvalue weighted by molar-refractivity contribution is 6.13. The van der Waals surface area contributed by atoms with Crippen LogP contribution in [-0.4, -0.2) is 9.13 Å². The van der Waals surface area contributed by atoms with Crippen molar-refractivity contribution in [3.63, 3.8) is 0 Å². The predicted molar refractivity (Wildman–Crippen MR) is 331 cm³/mol. The molecule has 0 fully saturated rings. The van der Waals surface area contributed by atoms with Crippen molar-refractivity contribution in [2.24, 2.45) is 0 Å². The highest BCUT2D eigenvalue weighted by atomic mass is 15.1. The van der Waals surface area contributed by atoms with Crippen LogP contribution in [0.5, 0.6) is 0 Å². The van der Waals surface area contributed by atoms with Gasteiger partial charge in [-0.15, -0.1) is 0 Å². The second-order valence-corrected chi connectivity index (χ2v) is 19.8. The largest absolute Gasteiger partial charge is 0.310 e. The van der Waals surface area contributed by atoms with Gasteiger partial charge in [-0.25, -0.2) is 0 Å². The lowest BCUT2D eigenvalue weighted by Crippen LogP contribution is -2.09. The summed E-state index contributed by atoms with van der Waals surface area (Å²) in [7, 11) is 0. The summed E-state index contributed by atoms with van der Waals surface area (Å²) in [6.07, 6.45) is 4.41. The zero-order chi connectivity index (χ0) is 51.8. The minimum atomic E-state index is 1.08. The van der Waals surface area contributed by atoms with Gasteiger partial charge >= 0.3 is 0 Å². The summed E-state index contributed by atoms with van der Waals surface area (Å²) < 4.78 is 4.77. The molecule has 368 valence electrons. The van der Waals surface area contributed by atoms with Gasteiger partial charge in [0.05, 0.1) is 22.1 Å². The number of rotatable bonds is 12. The molecule has 4 heteroatoms. The highest BCUT2D eigenvalue weighted by Gasteiger charge is 2.20. The third-order valence-corrected chi connectivity index (χ3v) is 15.1. The van der Waals surface area contributed by atoms with Crippen LogP contribution >= 0.6 is 0 Å². The van der Waals surface area contributed by atoms with Gasteiger partial charge in [0.1, 0.15) is 0 Å². The van der Waals surface area contributed by atoms with Crippen molar-refractivity contribution in [2.75, 3.05) is 9.80 Å². The van der Waals surface area contributed by atoms with Gasteiger partial charge in [0.2, 0.25) is 0 Å². The first kappa shape index (κ1) is 46.1. The lowest BCUT2D eigenvalue weighted by molar-refractivity contribution is 1.18. The SMILES string of the molecule is C(=C\c1ccc(N(c2ccccc2)c2ccc3c(c2)c2cc(-c4ccccc4)ccc2n3-c2ccccc2)cc1)/c1ccc(N(c2ccccc2)c2ccc3c(c2)c2cc(-c4ccccc4)ccc2n3-c2ccccc2)cc1. The minimum absolute atomic E-state index is 1.08. The maximum Gasteiger partial charge on any atom is 0.0542 e. The Bertz CT molecular complexity index is 4140. The Morgan fingerprint density at radius 1 is 0.218 bits per heavy atom. The molecule has 0 aliphatic heterocycles. The maximum absolute atomic E-state index is 2.39. The molecule has 0 radical (unpaired) electrons. The Morgan fingerprint density at radius 2 is 0.500 bits per heavy atom. The number of para-hydroxylation sites is 4. The maximum atomic E-state index is 2.39. The van der Waals surface area contributed by atoms with Gasteiger partial charge in [-0.2, -0.15) is 0 Å². The summed E-state index contributed by atoms with van der Waals surface area (Å²) in [6.45, 7) is 0. The Morgan fingerprint density at radius 3 is 0.859 bits per heavy atom. The first-order valence-electron chi connectivity index (χ1n) is 26.7. The molecule has 14 aromatic rings. The second-order valence-electron chi connectivity index (χ2n) is 19.8. The Hall–Kier alpha value is -10.4. The van der Waals surface area contributed by atoms with Gasteiger partial charge in [0.25, 0.3) is 0 Å². The van der Waals surface area contributed by atoms with Gasteiger partial charge in [-0.3, -0.25) is 0 Å². The van der Waals surface area contributed by atoms with E-state index in [0.29, 0.717) is 0 Å². The van der Waals surface area contributed by atoms with Crippen LogP contribution in [0.1, 0.15) is 11.1 Å². The molecule has 0 amide bonds. The van der Waals surface area contributed by atoms with Crippen LogP contribution < -0.4 is 9.80 Å². The lowest BCUT2D eigenvalue weighted by atomic mass is 10.0. The molecule has 78 heavy (non-hydrogen) atoms. The topological polar surface area (TPSA) is 16.3 Å². The van der Waals surface area contributed by atoms with Crippen molar-refractivity contribution in [3.8, 4) is 33.6 Å². The number of aromatic nitrogens is 2. The van der Waals surface area contributed by atoms with E-state index in [4.69, 9.17) is 0 Å². The van der Waals surface area contributed by atoms with E-state index in [1.165, 1.54) is 65.9 Å². The Kier molecular flexibility index (Phi) is 11.8. The van der Waals surface area contributed by atoms with Gasteiger partial charge in [0, 0.05) is 67.0 Å². The molecule has 2 heterocycles. The molecule has 0 N–H and O–H groups in total. The van der Waals surface area contributed by atoms with Gasteiger partial charge < -0.3 is 18.9 Å². The van der Waals surface area contributed by atoms with Gasteiger partial charge in [-0.05, 0) is 167 Å². The first-order chi connectivity index (χ1) is 38.7. The Balaban J connectivity index is 0.788. The van der Waals surface area contributed by atoms with Crippen LogP contribution in [0.15, 0.2) is 303 Å². The molecule has 0 aliphatic rings. The van der Waals surface area contributed by atoms with Crippen LogP contribution in [0, 0.1) is 0 Å².